The predicted molar refractivity (Wildman–Crippen MR) is 131 cm³/mol. The Morgan fingerprint density at radius 1 is 1.11 bits per heavy atom. The first kappa shape index (κ1) is 25.0. The molecule has 1 heterocycles. The number of carbonyl (C=O) groups is 1. The summed E-state index contributed by atoms with van der Waals surface area (Å²) in [5, 5.41) is 11.2. The first-order valence-electron chi connectivity index (χ1n) is 10.6. The third-order valence-electron chi connectivity index (χ3n) is 5.22. The van der Waals surface area contributed by atoms with Gasteiger partial charge in [-0.05, 0) is 46.9 Å². The van der Waals surface area contributed by atoms with Crippen LogP contribution < -0.4 is 5.73 Å². The number of H-pyrrole nitrogens is 1. The lowest BCUT2D eigenvalue weighted by Crippen LogP contribution is -2.14. The minimum absolute atomic E-state index is 0.0256. The van der Waals surface area contributed by atoms with Crippen LogP contribution in [0.3, 0.4) is 0 Å². The highest BCUT2D eigenvalue weighted by molar-refractivity contribution is 7.90. The molecule has 3 aromatic carbocycles. The van der Waals surface area contributed by atoms with Crippen LogP contribution in [0, 0.1) is 17.5 Å². The highest BCUT2D eigenvalue weighted by atomic mass is 32.2. The molecule has 1 unspecified atom stereocenters. The van der Waals surface area contributed by atoms with Crippen LogP contribution in [0.2, 0.25) is 0 Å². The number of carbonyl (C=O) groups excluding carboxylic acids is 1. The smallest absolute Gasteiger partial charge is 0.218 e. The summed E-state index contributed by atoms with van der Waals surface area (Å²) >= 11 is -2.24. The van der Waals surface area contributed by atoms with Gasteiger partial charge in [0.15, 0.2) is 11.7 Å². The molecule has 0 amide bonds. The summed E-state index contributed by atoms with van der Waals surface area (Å²) < 4.78 is 59.1. The largest absolute Gasteiger partial charge is 0.586 e. The minimum Gasteiger partial charge on any atom is -0.586 e. The zero-order valence-electron chi connectivity index (χ0n) is 18.8. The molecule has 0 aliphatic heterocycles. The van der Waals surface area contributed by atoms with Gasteiger partial charge in [0.05, 0.1) is 16.6 Å². The molecular formula is C25H19F3N4O3S. The maximum Gasteiger partial charge on any atom is 0.218 e. The zero-order valence-corrected chi connectivity index (χ0v) is 19.6. The number of nitrogens with two attached hydrogens (primary N) is 1. The van der Waals surface area contributed by atoms with E-state index in [0.717, 1.165) is 30.3 Å². The van der Waals surface area contributed by atoms with Gasteiger partial charge in [0, 0.05) is 18.1 Å². The summed E-state index contributed by atoms with van der Waals surface area (Å²) in [4.78, 5) is 20.2. The Bertz CT molecular complexity index is 1500. The number of Topliss-reactive ketones (excluding diaryl/α,β-unsaturated/α-hetero) is 1. The maximum absolute atomic E-state index is 14.5. The van der Waals surface area contributed by atoms with Gasteiger partial charge in [-0.15, -0.1) is 0 Å². The van der Waals surface area contributed by atoms with Crippen molar-refractivity contribution in [1.82, 2.24) is 9.97 Å². The number of halogens is 3. The van der Waals surface area contributed by atoms with E-state index in [1.807, 2.05) is 0 Å². The predicted octanol–water partition coefficient (Wildman–Crippen LogP) is 5.08. The molecule has 0 radical (unpaired) electrons. The molecule has 0 aliphatic carbocycles. The molecular weight excluding hydrogens is 493 g/mol. The second-order valence-electron chi connectivity index (χ2n) is 7.61. The Hall–Kier alpha value is -4.09. The number of rotatable bonds is 7. The number of nitrogens with zero attached hydrogens (tertiary/aromatic N) is 2. The van der Waals surface area contributed by atoms with Gasteiger partial charge in [-0.3, -0.25) is 4.79 Å². The monoisotopic (exact) mass is 512 g/mol. The fourth-order valence-corrected chi connectivity index (χ4v) is 4.26. The summed E-state index contributed by atoms with van der Waals surface area (Å²) in [6, 6.07) is 12.2. The summed E-state index contributed by atoms with van der Waals surface area (Å²) in [7, 11) is 0. The number of ketones is 1. The number of aromatic nitrogens is 2. The van der Waals surface area contributed by atoms with Gasteiger partial charge < -0.3 is 20.4 Å². The van der Waals surface area contributed by atoms with Crippen LogP contribution in [0.15, 0.2) is 70.0 Å². The third-order valence-corrected chi connectivity index (χ3v) is 6.31. The lowest BCUT2D eigenvalue weighted by atomic mass is 9.98. The Morgan fingerprint density at radius 2 is 1.83 bits per heavy atom. The van der Waals surface area contributed by atoms with Crippen molar-refractivity contribution in [3.8, 4) is 0 Å². The Labute approximate surface area is 206 Å². The van der Waals surface area contributed by atoms with E-state index in [-0.39, 0.29) is 23.6 Å². The number of amidine groups is 1. The van der Waals surface area contributed by atoms with Crippen molar-refractivity contribution in [2.75, 3.05) is 0 Å². The molecule has 7 nitrogen and oxygen atoms in total. The van der Waals surface area contributed by atoms with Crippen LogP contribution in [0.4, 0.5) is 13.2 Å². The quantitative estimate of drug-likeness (QED) is 0.0795. The van der Waals surface area contributed by atoms with Gasteiger partial charge in [0.2, 0.25) is 10.7 Å². The van der Waals surface area contributed by atoms with Crippen LogP contribution in [0.1, 0.15) is 35.1 Å². The van der Waals surface area contributed by atoms with E-state index in [9.17, 15) is 27.6 Å². The van der Waals surface area contributed by atoms with Gasteiger partial charge in [0.1, 0.15) is 40.2 Å². The number of aliphatic hydroxyl groups excluding tert-OH is 1. The Kier molecular flexibility index (Phi) is 7.13. The van der Waals surface area contributed by atoms with Crippen molar-refractivity contribution < 1.29 is 27.6 Å². The van der Waals surface area contributed by atoms with E-state index < -0.39 is 56.4 Å². The SMILES string of the molecule is CCC(N)=N[S+]([O-])c1cc(C(O)=C(C(=O)c2cc(F)ccc2F)c2nc3ccccc3[nH]2)ccc1F. The average molecular weight is 513 g/mol. The van der Waals surface area contributed by atoms with Gasteiger partial charge in [-0.2, -0.15) is 0 Å². The summed E-state index contributed by atoms with van der Waals surface area (Å²) in [6.45, 7) is 1.67. The molecule has 0 aliphatic rings. The van der Waals surface area contributed by atoms with E-state index in [4.69, 9.17) is 5.73 Å². The molecule has 0 saturated heterocycles. The van der Waals surface area contributed by atoms with Crippen molar-refractivity contribution in [2.24, 2.45) is 10.1 Å². The molecule has 1 aromatic heterocycles. The first-order valence-corrected chi connectivity index (χ1v) is 11.7. The van der Waals surface area contributed by atoms with Crippen LogP contribution in [-0.4, -0.2) is 31.2 Å². The van der Waals surface area contributed by atoms with Gasteiger partial charge >= 0.3 is 0 Å². The van der Waals surface area contributed by atoms with Crippen molar-refractivity contribution >= 4 is 45.3 Å². The van der Waals surface area contributed by atoms with Gasteiger partial charge in [0.25, 0.3) is 0 Å². The Morgan fingerprint density at radius 3 is 2.56 bits per heavy atom. The van der Waals surface area contributed by atoms with Crippen LogP contribution in [0.25, 0.3) is 22.4 Å². The van der Waals surface area contributed by atoms with Crippen molar-refractivity contribution in [1.29, 1.82) is 0 Å². The number of hydrogen-bond donors (Lipinski definition) is 3. The lowest BCUT2D eigenvalue weighted by Gasteiger charge is -2.11. The minimum atomic E-state index is -2.24. The van der Waals surface area contributed by atoms with E-state index in [1.54, 1.807) is 31.2 Å². The molecule has 36 heavy (non-hydrogen) atoms. The number of para-hydroxylation sites is 2. The number of allylic oxidation sites excluding steroid dienone is 1. The molecule has 0 fully saturated rings. The molecule has 0 bridgehead atoms. The normalized spacial score (nSPS) is 13.5. The molecule has 4 aromatic rings. The van der Waals surface area contributed by atoms with Crippen molar-refractivity contribution in [3.05, 3.63) is 95.1 Å². The maximum atomic E-state index is 14.5. The number of imidazole rings is 1. The van der Waals surface area contributed by atoms with Crippen molar-refractivity contribution in [2.45, 2.75) is 18.2 Å². The molecule has 0 spiro atoms. The number of hydrogen-bond acceptors (Lipinski definition) is 5. The number of nitrogens with one attached hydrogen (secondary N) is 1. The first-order chi connectivity index (χ1) is 17.2. The van der Waals surface area contributed by atoms with Gasteiger partial charge in [-0.1, -0.05) is 19.1 Å². The fourth-order valence-electron chi connectivity index (χ4n) is 3.35. The second kappa shape index (κ2) is 10.3. The topological polar surface area (TPSA) is 127 Å². The molecule has 1 atom stereocenters. The number of aliphatic hydroxyl groups is 1. The Balaban J connectivity index is 1.93. The lowest BCUT2D eigenvalue weighted by molar-refractivity contribution is 0.105. The van der Waals surface area contributed by atoms with Crippen LogP contribution in [-0.2, 0) is 11.4 Å². The third kappa shape index (κ3) is 4.97. The van der Waals surface area contributed by atoms with E-state index in [0.29, 0.717) is 17.1 Å². The molecule has 11 heteroatoms. The summed E-state index contributed by atoms with van der Waals surface area (Å²) in [5.74, 6) is -4.69. The standard InChI is InChI=1S/C25H19F3N4O3S/c1-2-21(29)32-36(35)20-11-13(7-9-17(20)28)23(33)22(24(34)15-12-14(26)8-10-16(15)27)25-30-18-5-3-4-6-19(18)31-25/h3-12,33H,2H2,1H3,(H2,29,32)(H,30,31). The second-order valence-corrected chi connectivity index (χ2v) is 8.73. The molecule has 4 rings (SSSR count). The fraction of sp³-hybridized carbons (Fsp3) is 0.0800. The molecule has 4 N–H and O–H groups in total. The van der Waals surface area contributed by atoms with E-state index in [2.05, 4.69) is 14.4 Å². The molecule has 0 saturated carbocycles. The average Bonchev–Trinajstić information content (AvgIpc) is 3.29. The number of aromatic amines is 1. The van der Waals surface area contributed by atoms with E-state index >= 15 is 0 Å². The summed E-state index contributed by atoms with van der Waals surface area (Å²) in [6.07, 6.45) is 0.280. The van der Waals surface area contributed by atoms with E-state index in [1.165, 1.54) is 0 Å². The number of fused-ring (bicyclic) bond motifs is 1. The summed E-state index contributed by atoms with van der Waals surface area (Å²) in [5.41, 5.74) is 5.27. The van der Waals surface area contributed by atoms with Crippen LogP contribution >= 0.6 is 0 Å². The highest BCUT2D eigenvalue weighted by Gasteiger charge is 2.28. The zero-order chi connectivity index (χ0) is 26.0. The molecule has 184 valence electrons. The van der Waals surface area contributed by atoms with Crippen molar-refractivity contribution in [3.63, 3.8) is 0 Å². The number of benzene rings is 3. The van der Waals surface area contributed by atoms with Crippen LogP contribution in [0.5, 0.6) is 0 Å². The van der Waals surface area contributed by atoms with Gasteiger partial charge in [-0.25, -0.2) is 18.2 Å². The highest BCUT2D eigenvalue weighted by Crippen LogP contribution is 2.31.